The average Bonchev–Trinajstić information content (AvgIpc) is 3.41. The molecule has 3 aromatic carbocycles. The molecule has 0 atom stereocenters. The van der Waals surface area contributed by atoms with Crippen molar-refractivity contribution in [2.75, 3.05) is 24.6 Å². The van der Waals surface area contributed by atoms with Gasteiger partial charge in [-0.3, -0.25) is 4.79 Å². The van der Waals surface area contributed by atoms with Crippen molar-refractivity contribution in [2.45, 2.75) is 26.4 Å². The van der Waals surface area contributed by atoms with Gasteiger partial charge >= 0.3 is 0 Å². The maximum Gasteiger partial charge on any atom is 0.271 e. The highest BCUT2D eigenvalue weighted by Crippen LogP contribution is 2.34. The Hall–Kier alpha value is -2.74. The lowest BCUT2D eigenvalue weighted by Gasteiger charge is -2.17. The largest absolute Gasteiger partial charge is 0.490 e. The Balaban J connectivity index is 1.41. The number of hydrogen-bond donors (Lipinski definition) is 1. The second-order valence-corrected chi connectivity index (χ2v) is 9.92. The lowest BCUT2D eigenvalue weighted by molar-refractivity contribution is 0.0955. The maximum absolute atomic E-state index is 12.5. The number of ether oxygens (including phenoxy) is 2. The Morgan fingerprint density at radius 3 is 2.47 bits per heavy atom. The molecule has 0 aliphatic carbocycles. The zero-order valence-corrected chi connectivity index (χ0v) is 22.9. The SMILES string of the molecule is CCOc1cc(/C=N\NC(=O)c2ccc(N3CCCC3)cc2)c(Br)cc1OCc1ccc(Cl)cc1Cl. The van der Waals surface area contributed by atoms with Gasteiger partial charge in [0.15, 0.2) is 11.5 Å². The number of halogens is 3. The molecule has 0 bridgehead atoms. The van der Waals surface area contributed by atoms with Crippen LogP contribution in [0.25, 0.3) is 0 Å². The second-order valence-electron chi connectivity index (χ2n) is 8.22. The van der Waals surface area contributed by atoms with E-state index in [2.05, 4.69) is 31.4 Å². The third-order valence-corrected chi connectivity index (χ3v) is 7.01. The first kappa shape index (κ1) is 26.3. The first-order chi connectivity index (χ1) is 17.4. The molecular formula is C27H26BrCl2N3O3. The molecule has 1 fully saturated rings. The van der Waals surface area contributed by atoms with Gasteiger partial charge in [-0.05, 0) is 84.2 Å². The van der Waals surface area contributed by atoms with Crippen molar-refractivity contribution in [3.05, 3.63) is 85.8 Å². The van der Waals surface area contributed by atoms with Crippen molar-refractivity contribution in [3.8, 4) is 11.5 Å². The zero-order valence-electron chi connectivity index (χ0n) is 19.8. The molecule has 0 saturated carbocycles. The molecule has 0 aromatic heterocycles. The molecule has 0 spiro atoms. The van der Waals surface area contributed by atoms with Crippen molar-refractivity contribution in [2.24, 2.45) is 5.10 Å². The molecule has 1 N–H and O–H groups in total. The van der Waals surface area contributed by atoms with E-state index in [4.69, 9.17) is 32.7 Å². The van der Waals surface area contributed by atoms with Crippen LogP contribution in [0.1, 0.15) is 41.3 Å². The molecule has 4 rings (SSSR count). The van der Waals surface area contributed by atoms with Gasteiger partial charge in [0.25, 0.3) is 5.91 Å². The first-order valence-corrected chi connectivity index (χ1v) is 13.2. The number of carbonyl (C=O) groups excluding carboxylic acids is 1. The number of rotatable bonds is 9. The minimum absolute atomic E-state index is 0.253. The number of hydrogen-bond acceptors (Lipinski definition) is 5. The monoisotopic (exact) mass is 589 g/mol. The van der Waals surface area contributed by atoms with Crippen LogP contribution in [0.4, 0.5) is 5.69 Å². The third kappa shape index (κ3) is 6.72. The standard InChI is InChI=1S/C27H26BrCl2N3O3/c1-2-35-25-13-20(23(28)15-26(25)36-17-19-5-8-21(29)14-24(19)30)16-31-32-27(34)18-6-9-22(10-7-18)33-11-3-4-12-33/h5-10,13-16H,2-4,11-12,17H2,1H3,(H,32,34)/b31-16-. The summed E-state index contributed by atoms with van der Waals surface area (Å²) in [6.07, 6.45) is 3.98. The van der Waals surface area contributed by atoms with Crippen LogP contribution >= 0.6 is 39.1 Å². The van der Waals surface area contributed by atoms with Gasteiger partial charge in [0.2, 0.25) is 0 Å². The van der Waals surface area contributed by atoms with Crippen molar-refractivity contribution in [3.63, 3.8) is 0 Å². The van der Waals surface area contributed by atoms with Gasteiger partial charge in [0, 0.05) is 50.0 Å². The fourth-order valence-corrected chi connectivity index (χ4v) is 4.74. The Morgan fingerprint density at radius 2 is 1.78 bits per heavy atom. The molecule has 1 heterocycles. The predicted octanol–water partition coefficient (Wildman–Crippen LogP) is 7.10. The average molecular weight is 591 g/mol. The molecule has 6 nitrogen and oxygen atoms in total. The van der Waals surface area contributed by atoms with E-state index in [-0.39, 0.29) is 12.5 Å². The third-order valence-electron chi connectivity index (χ3n) is 5.73. The minimum atomic E-state index is -0.278. The number of amides is 1. The fraction of sp³-hybridized carbons (Fsp3) is 0.259. The van der Waals surface area contributed by atoms with Crippen molar-refractivity contribution in [1.29, 1.82) is 0 Å². The molecule has 1 saturated heterocycles. The summed E-state index contributed by atoms with van der Waals surface area (Å²) in [5.74, 6) is 0.824. The van der Waals surface area contributed by atoms with Gasteiger partial charge in [-0.1, -0.05) is 29.3 Å². The van der Waals surface area contributed by atoms with Crippen LogP contribution in [-0.2, 0) is 6.61 Å². The number of hydrazone groups is 1. The number of nitrogens with zero attached hydrogens (tertiary/aromatic N) is 2. The summed E-state index contributed by atoms with van der Waals surface area (Å²) in [6.45, 7) is 4.73. The molecule has 1 amide bonds. The number of nitrogens with one attached hydrogen (secondary N) is 1. The highest BCUT2D eigenvalue weighted by Gasteiger charge is 2.14. The maximum atomic E-state index is 12.5. The van der Waals surface area contributed by atoms with E-state index in [9.17, 15) is 4.79 Å². The fourth-order valence-electron chi connectivity index (χ4n) is 3.85. The number of benzene rings is 3. The lowest BCUT2D eigenvalue weighted by atomic mass is 10.2. The van der Waals surface area contributed by atoms with Crippen LogP contribution in [0, 0.1) is 0 Å². The normalized spacial score (nSPS) is 13.3. The molecule has 3 aromatic rings. The van der Waals surface area contributed by atoms with E-state index in [0.29, 0.717) is 33.7 Å². The van der Waals surface area contributed by atoms with Gasteiger partial charge in [0.1, 0.15) is 6.61 Å². The molecular weight excluding hydrogens is 565 g/mol. The van der Waals surface area contributed by atoms with Crippen LogP contribution in [0.15, 0.2) is 64.2 Å². The summed E-state index contributed by atoms with van der Waals surface area (Å²) in [5.41, 5.74) is 5.80. The Kier molecular flexibility index (Phi) is 9.13. The highest BCUT2D eigenvalue weighted by atomic mass is 79.9. The summed E-state index contributed by atoms with van der Waals surface area (Å²) < 4.78 is 12.5. The molecule has 0 radical (unpaired) electrons. The predicted molar refractivity (Wildman–Crippen MR) is 149 cm³/mol. The lowest BCUT2D eigenvalue weighted by Crippen LogP contribution is -2.19. The molecule has 0 unspecified atom stereocenters. The van der Waals surface area contributed by atoms with Crippen LogP contribution in [0.5, 0.6) is 11.5 Å². The van der Waals surface area contributed by atoms with Gasteiger partial charge in [0.05, 0.1) is 12.8 Å². The van der Waals surface area contributed by atoms with Crippen molar-refractivity contribution in [1.82, 2.24) is 5.43 Å². The molecule has 9 heteroatoms. The highest BCUT2D eigenvalue weighted by molar-refractivity contribution is 9.10. The first-order valence-electron chi connectivity index (χ1n) is 11.7. The van der Waals surface area contributed by atoms with E-state index >= 15 is 0 Å². The van der Waals surface area contributed by atoms with Crippen molar-refractivity contribution < 1.29 is 14.3 Å². The van der Waals surface area contributed by atoms with E-state index < -0.39 is 0 Å². The van der Waals surface area contributed by atoms with Crippen LogP contribution in [0.2, 0.25) is 10.0 Å². The van der Waals surface area contributed by atoms with E-state index in [1.165, 1.54) is 12.8 Å². The molecule has 188 valence electrons. The van der Waals surface area contributed by atoms with E-state index in [0.717, 1.165) is 34.4 Å². The topological polar surface area (TPSA) is 63.2 Å². The minimum Gasteiger partial charge on any atom is -0.490 e. The Labute approximate surface area is 229 Å². The van der Waals surface area contributed by atoms with Gasteiger partial charge in [-0.15, -0.1) is 0 Å². The summed E-state index contributed by atoms with van der Waals surface area (Å²) >= 11 is 15.8. The number of carbonyl (C=O) groups is 1. The second kappa shape index (κ2) is 12.5. The summed E-state index contributed by atoms with van der Waals surface area (Å²) in [7, 11) is 0. The summed E-state index contributed by atoms with van der Waals surface area (Å²) in [5, 5.41) is 5.23. The molecule has 1 aliphatic rings. The summed E-state index contributed by atoms with van der Waals surface area (Å²) in [4.78, 5) is 14.9. The van der Waals surface area contributed by atoms with Crippen LogP contribution in [-0.4, -0.2) is 31.8 Å². The van der Waals surface area contributed by atoms with E-state index in [1.807, 2.05) is 37.3 Å². The number of anilines is 1. The molecule has 36 heavy (non-hydrogen) atoms. The molecule has 1 aliphatic heterocycles. The van der Waals surface area contributed by atoms with E-state index in [1.54, 1.807) is 30.5 Å². The Bertz CT molecular complexity index is 1250. The van der Waals surface area contributed by atoms with Gasteiger partial charge in [-0.2, -0.15) is 5.10 Å². The smallest absolute Gasteiger partial charge is 0.271 e. The Morgan fingerprint density at radius 1 is 1.06 bits per heavy atom. The van der Waals surface area contributed by atoms with Gasteiger partial charge in [-0.25, -0.2) is 5.43 Å². The van der Waals surface area contributed by atoms with Crippen molar-refractivity contribution >= 4 is 56.9 Å². The van der Waals surface area contributed by atoms with Crippen LogP contribution < -0.4 is 19.8 Å². The summed E-state index contributed by atoms with van der Waals surface area (Å²) in [6, 6.07) is 16.5. The quantitative estimate of drug-likeness (QED) is 0.213. The van der Waals surface area contributed by atoms with Gasteiger partial charge < -0.3 is 14.4 Å². The zero-order chi connectivity index (χ0) is 25.5. The van der Waals surface area contributed by atoms with Crippen LogP contribution in [0.3, 0.4) is 0 Å².